The summed E-state index contributed by atoms with van der Waals surface area (Å²) in [6.45, 7) is 0. The van der Waals surface area contributed by atoms with Gasteiger partial charge in [-0.15, -0.1) is 0 Å². The first-order valence-electron chi connectivity index (χ1n) is 6.38. The number of aromatic amines is 2. The van der Waals surface area contributed by atoms with E-state index in [4.69, 9.17) is 0 Å². The molecule has 21 heavy (non-hydrogen) atoms. The minimum atomic E-state index is -0.293. The third kappa shape index (κ3) is 1.69. The number of benzene rings is 2. The summed E-state index contributed by atoms with van der Waals surface area (Å²) in [5.41, 5.74) is 0.880. The fourth-order valence-electron chi connectivity index (χ4n) is 2.47. The van der Waals surface area contributed by atoms with Gasteiger partial charge in [-0.2, -0.15) is 0 Å². The van der Waals surface area contributed by atoms with Crippen LogP contribution in [0, 0.1) is 0 Å². The van der Waals surface area contributed by atoms with Crippen molar-refractivity contribution in [2.24, 2.45) is 0 Å². The summed E-state index contributed by atoms with van der Waals surface area (Å²) in [7, 11) is 0. The van der Waals surface area contributed by atoms with Crippen LogP contribution in [0.2, 0.25) is 0 Å². The summed E-state index contributed by atoms with van der Waals surface area (Å²) >= 11 is 0. The molecule has 2 aromatic heterocycles. The Kier molecular flexibility index (Phi) is 2.32. The lowest BCUT2D eigenvalue weighted by Crippen LogP contribution is -2.05. The van der Waals surface area contributed by atoms with Gasteiger partial charge in [0.2, 0.25) is 0 Å². The number of imidazole rings is 1. The number of phenols is 1. The Morgan fingerprint density at radius 2 is 1.95 bits per heavy atom. The first-order chi connectivity index (χ1) is 10.2. The monoisotopic (exact) mass is 278 g/mol. The smallest absolute Gasteiger partial charge is 0.276 e. The van der Waals surface area contributed by atoms with Gasteiger partial charge in [-0.3, -0.25) is 4.79 Å². The fraction of sp³-hybridized carbons (Fsp3) is 0. The Morgan fingerprint density at radius 1 is 1.10 bits per heavy atom. The zero-order chi connectivity index (χ0) is 14.4. The average molecular weight is 278 g/mol. The average Bonchev–Trinajstić information content (AvgIpc) is 2.92. The number of fused-ring (bicyclic) bond motifs is 2. The van der Waals surface area contributed by atoms with Gasteiger partial charge in [0.05, 0.1) is 11.9 Å². The van der Waals surface area contributed by atoms with Crippen molar-refractivity contribution in [1.82, 2.24) is 19.9 Å². The molecular weight excluding hydrogens is 268 g/mol. The van der Waals surface area contributed by atoms with E-state index in [9.17, 15) is 9.90 Å². The number of phenolic OH excluding ortho intramolecular Hbond substituents is 1. The van der Waals surface area contributed by atoms with Crippen LogP contribution >= 0.6 is 0 Å². The van der Waals surface area contributed by atoms with E-state index in [0.717, 1.165) is 10.8 Å². The van der Waals surface area contributed by atoms with Crippen molar-refractivity contribution in [2.45, 2.75) is 0 Å². The van der Waals surface area contributed by atoms with Crippen LogP contribution < -0.4 is 5.56 Å². The summed E-state index contributed by atoms with van der Waals surface area (Å²) in [6, 6.07) is 11.1. The summed E-state index contributed by atoms with van der Waals surface area (Å²) in [5, 5.41) is 12.0. The SMILES string of the molecule is O=c1[nH]cnc2nc(-c3c(O)ccc4ccccc34)[nH]c12. The third-order valence-electron chi connectivity index (χ3n) is 3.44. The first-order valence-corrected chi connectivity index (χ1v) is 6.38. The highest BCUT2D eigenvalue weighted by atomic mass is 16.3. The number of nitrogens with zero attached hydrogens (tertiary/aromatic N) is 2. The molecule has 0 atom stereocenters. The lowest BCUT2D eigenvalue weighted by atomic mass is 10.0. The molecule has 0 radical (unpaired) electrons. The van der Waals surface area contributed by atoms with E-state index >= 15 is 0 Å². The predicted molar refractivity (Wildman–Crippen MR) is 79.1 cm³/mol. The molecule has 4 aromatic rings. The van der Waals surface area contributed by atoms with Crippen LogP contribution in [-0.2, 0) is 0 Å². The van der Waals surface area contributed by atoms with Gasteiger partial charge in [0.25, 0.3) is 5.56 Å². The molecule has 6 nitrogen and oxygen atoms in total. The number of H-pyrrole nitrogens is 2. The lowest BCUT2D eigenvalue weighted by molar-refractivity contribution is 0.477. The Morgan fingerprint density at radius 3 is 2.81 bits per heavy atom. The van der Waals surface area contributed by atoms with Crippen molar-refractivity contribution in [1.29, 1.82) is 0 Å². The molecule has 4 rings (SSSR count). The molecule has 0 saturated carbocycles. The van der Waals surface area contributed by atoms with Gasteiger partial charge in [0.15, 0.2) is 11.2 Å². The number of aromatic hydroxyl groups is 1. The normalized spacial score (nSPS) is 11.2. The molecule has 0 bridgehead atoms. The second-order valence-electron chi connectivity index (χ2n) is 4.70. The van der Waals surface area contributed by atoms with Gasteiger partial charge in [-0.25, -0.2) is 9.97 Å². The molecule has 0 saturated heterocycles. The maximum Gasteiger partial charge on any atom is 0.276 e. The van der Waals surface area contributed by atoms with Crippen molar-refractivity contribution >= 4 is 21.9 Å². The van der Waals surface area contributed by atoms with Crippen LogP contribution in [0.1, 0.15) is 0 Å². The quantitative estimate of drug-likeness (QED) is 0.497. The lowest BCUT2D eigenvalue weighted by Gasteiger charge is -2.06. The number of nitrogens with one attached hydrogen (secondary N) is 2. The maximum absolute atomic E-state index is 11.7. The Balaban J connectivity index is 2.11. The highest BCUT2D eigenvalue weighted by molar-refractivity contribution is 5.99. The summed E-state index contributed by atoms with van der Waals surface area (Å²) in [6.07, 6.45) is 1.30. The van der Waals surface area contributed by atoms with Crippen molar-refractivity contribution in [3.05, 3.63) is 53.1 Å². The zero-order valence-corrected chi connectivity index (χ0v) is 10.8. The van der Waals surface area contributed by atoms with Gasteiger partial charge in [0.1, 0.15) is 11.6 Å². The van der Waals surface area contributed by atoms with Crippen LogP contribution in [-0.4, -0.2) is 25.0 Å². The molecule has 0 aliphatic heterocycles. The number of rotatable bonds is 1. The van der Waals surface area contributed by atoms with Crippen LogP contribution in [0.3, 0.4) is 0 Å². The van der Waals surface area contributed by atoms with E-state index in [1.54, 1.807) is 6.07 Å². The van der Waals surface area contributed by atoms with Crippen LogP contribution in [0.15, 0.2) is 47.5 Å². The molecule has 2 heterocycles. The Hall–Kier alpha value is -3.15. The van der Waals surface area contributed by atoms with Crippen molar-refractivity contribution in [2.75, 3.05) is 0 Å². The van der Waals surface area contributed by atoms with E-state index in [2.05, 4.69) is 19.9 Å². The minimum absolute atomic E-state index is 0.101. The van der Waals surface area contributed by atoms with Crippen LogP contribution in [0.5, 0.6) is 5.75 Å². The molecule has 6 heteroatoms. The number of hydrogen-bond donors (Lipinski definition) is 3. The minimum Gasteiger partial charge on any atom is -0.507 e. The van der Waals surface area contributed by atoms with Gasteiger partial charge >= 0.3 is 0 Å². The Bertz CT molecular complexity index is 1030. The molecule has 0 aliphatic rings. The summed E-state index contributed by atoms with van der Waals surface area (Å²) in [4.78, 5) is 25.5. The largest absolute Gasteiger partial charge is 0.507 e. The van der Waals surface area contributed by atoms with Gasteiger partial charge in [0, 0.05) is 0 Å². The van der Waals surface area contributed by atoms with Crippen molar-refractivity contribution in [3.8, 4) is 17.1 Å². The summed E-state index contributed by atoms with van der Waals surface area (Å²) in [5.74, 6) is 0.521. The predicted octanol–water partition coefficient (Wildman–Crippen LogP) is 2.17. The van der Waals surface area contributed by atoms with E-state index in [0.29, 0.717) is 22.6 Å². The molecule has 0 fully saturated rings. The van der Waals surface area contributed by atoms with E-state index < -0.39 is 0 Å². The molecular formula is C15H10N4O2. The van der Waals surface area contributed by atoms with Crippen molar-refractivity contribution < 1.29 is 5.11 Å². The van der Waals surface area contributed by atoms with Gasteiger partial charge in [-0.05, 0) is 16.8 Å². The molecule has 0 spiro atoms. The van der Waals surface area contributed by atoms with Gasteiger partial charge < -0.3 is 15.1 Å². The van der Waals surface area contributed by atoms with E-state index in [-0.39, 0.29) is 11.3 Å². The second-order valence-corrected chi connectivity index (χ2v) is 4.70. The number of aromatic nitrogens is 4. The topological polar surface area (TPSA) is 94.7 Å². The molecule has 0 aliphatic carbocycles. The fourth-order valence-corrected chi connectivity index (χ4v) is 2.47. The molecule has 0 amide bonds. The second kappa shape index (κ2) is 4.17. The van der Waals surface area contributed by atoms with Gasteiger partial charge in [-0.1, -0.05) is 30.3 Å². The van der Waals surface area contributed by atoms with Crippen molar-refractivity contribution in [3.63, 3.8) is 0 Å². The summed E-state index contributed by atoms with van der Waals surface area (Å²) < 4.78 is 0. The standard InChI is InChI=1S/C15H10N4O2/c20-10-6-5-8-3-1-2-4-9(8)11(10)13-18-12-14(19-13)16-7-17-15(12)21/h1-7,20H,(H2,16,17,18,19,21). The molecule has 102 valence electrons. The molecule has 3 N–H and O–H groups in total. The highest BCUT2D eigenvalue weighted by Crippen LogP contribution is 2.34. The molecule has 2 aromatic carbocycles. The maximum atomic E-state index is 11.7. The highest BCUT2D eigenvalue weighted by Gasteiger charge is 2.15. The Labute approximate surface area is 118 Å². The van der Waals surface area contributed by atoms with Crippen LogP contribution in [0.4, 0.5) is 0 Å². The number of hydrogen-bond acceptors (Lipinski definition) is 4. The molecule has 0 unspecified atom stereocenters. The van der Waals surface area contributed by atoms with E-state index in [1.165, 1.54) is 6.33 Å². The third-order valence-corrected chi connectivity index (χ3v) is 3.44. The van der Waals surface area contributed by atoms with E-state index in [1.807, 2.05) is 30.3 Å². The first kappa shape index (κ1) is 11.7. The van der Waals surface area contributed by atoms with Crippen LogP contribution in [0.25, 0.3) is 33.3 Å². The zero-order valence-electron chi connectivity index (χ0n) is 10.8.